The van der Waals surface area contributed by atoms with Gasteiger partial charge in [-0.1, -0.05) is 0 Å². The van der Waals surface area contributed by atoms with E-state index < -0.39 is 76.7 Å². The summed E-state index contributed by atoms with van der Waals surface area (Å²) in [6, 6.07) is 0. The van der Waals surface area contributed by atoms with Crippen molar-refractivity contribution in [3.8, 4) is 0 Å². The van der Waals surface area contributed by atoms with Crippen LogP contribution < -0.4 is 5.79 Å². The molecule has 1 aliphatic heterocycles. The second kappa shape index (κ2) is 16.3. The molecule has 4 nitrogen and oxygen atoms in total. The predicted molar refractivity (Wildman–Crippen MR) is 178 cm³/mol. The summed E-state index contributed by atoms with van der Waals surface area (Å²) in [5.41, 5.74) is 0. The van der Waals surface area contributed by atoms with Gasteiger partial charge in [-0.05, 0) is 0 Å². The average molecular weight is 888 g/mol. The van der Waals surface area contributed by atoms with Crippen molar-refractivity contribution in [1.29, 1.82) is 0 Å². The van der Waals surface area contributed by atoms with E-state index in [9.17, 15) is 16.8 Å². The Balaban J connectivity index is 3.29. The van der Waals surface area contributed by atoms with Crippen LogP contribution in [-0.4, -0.2) is 64.1 Å². The van der Waals surface area contributed by atoms with Gasteiger partial charge in [0.05, 0.1) is 0 Å². The van der Waals surface area contributed by atoms with E-state index in [-0.39, 0.29) is 0 Å². The zero-order valence-electron chi connectivity index (χ0n) is 27.1. The summed E-state index contributed by atoms with van der Waals surface area (Å²) < 4.78 is 122. The number of unbranched alkanes of at least 4 members (excludes halogenated alkanes) is 6. The van der Waals surface area contributed by atoms with Crippen molar-refractivity contribution in [2.45, 2.75) is 166 Å². The Labute approximate surface area is 271 Å². The first-order chi connectivity index (χ1) is 20.1. The van der Waals surface area contributed by atoms with Crippen LogP contribution in [0.5, 0.6) is 0 Å². The summed E-state index contributed by atoms with van der Waals surface area (Å²) in [5.74, 6) is 0. The quantitative estimate of drug-likeness (QED) is 0.0967. The molecule has 0 amide bonds. The molecule has 0 aromatic carbocycles. The number of fused-ring (bicyclic) bond motifs is 1. The first kappa shape index (κ1) is 40.1. The van der Waals surface area contributed by atoms with E-state index in [1.54, 1.807) is 0 Å². The van der Waals surface area contributed by atoms with Gasteiger partial charge in [-0.3, -0.25) is 0 Å². The van der Waals surface area contributed by atoms with Crippen molar-refractivity contribution in [2.75, 3.05) is 0 Å². The third-order valence-corrected chi connectivity index (χ3v) is 52.4. The molecule has 1 aromatic rings. The fraction of sp³-hybridized carbons (Fsp3) is 0.867. The molecule has 0 spiro atoms. The zero-order valence-corrected chi connectivity index (χ0v) is 35.3. The van der Waals surface area contributed by atoms with E-state index in [0.29, 0.717) is 5.79 Å². The van der Waals surface area contributed by atoms with E-state index in [0.717, 1.165) is 115 Å². The monoisotopic (exact) mass is 890 g/mol. The minimum absolute atomic E-state index is 0.346. The SMILES string of the molecule is CCC[CH2][Sn]([CH2]CCC)([CH2]CCC)[c]1s[c]([Sn]([CH2]CCC)([CH2]CCC)[CH2]CCC)c2c1S(=O)(=O)C(F)(F)C(F)(F)S2(=O)=O. The van der Waals surface area contributed by atoms with E-state index in [1.807, 2.05) is 41.5 Å². The van der Waals surface area contributed by atoms with Gasteiger partial charge in [0, 0.05) is 0 Å². The van der Waals surface area contributed by atoms with Crippen LogP contribution in [0.15, 0.2) is 9.79 Å². The molecular weight excluding hydrogens is 834 g/mol. The van der Waals surface area contributed by atoms with Crippen LogP contribution in [0.3, 0.4) is 0 Å². The van der Waals surface area contributed by atoms with Gasteiger partial charge in [0.1, 0.15) is 0 Å². The predicted octanol–water partition coefficient (Wildman–Crippen LogP) is 9.61. The van der Waals surface area contributed by atoms with Crippen molar-refractivity contribution < 1.29 is 34.4 Å². The van der Waals surface area contributed by atoms with Crippen LogP contribution in [-0.2, 0) is 19.7 Å². The molecule has 13 heteroatoms. The molecule has 1 aromatic heterocycles. The molecule has 2 rings (SSSR count). The second-order valence-electron chi connectivity index (χ2n) is 12.6. The average Bonchev–Trinajstić information content (AvgIpc) is 3.40. The fourth-order valence-corrected chi connectivity index (χ4v) is 59.4. The number of alkyl halides is 4. The normalized spacial score (nSPS) is 18.9. The van der Waals surface area contributed by atoms with Crippen molar-refractivity contribution in [1.82, 2.24) is 0 Å². The summed E-state index contributed by atoms with van der Waals surface area (Å²) in [6.07, 6.45) is 9.77. The molecule has 0 atom stereocenters. The number of rotatable bonds is 20. The molecule has 2 heterocycles. The van der Waals surface area contributed by atoms with E-state index >= 15 is 17.6 Å². The first-order valence-corrected chi connectivity index (χ1v) is 35.3. The van der Waals surface area contributed by atoms with Crippen molar-refractivity contribution in [2.24, 2.45) is 0 Å². The van der Waals surface area contributed by atoms with Gasteiger partial charge < -0.3 is 0 Å². The number of halogens is 4. The molecule has 0 bridgehead atoms. The first-order valence-electron chi connectivity index (χ1n) is 16.5. The molecule has 0 saturated carbocycles. The summed E-state index contributed by atoms with van der Waals surface area (Å²) in [5, 5.41) is -11.4. The molecule has 252 valence electrons. The van der Waals surface area contributed by atoms with Crippen LogP contribution >= 0.6 is 11.3 Å². The van der Waals surface area contributed by atoms with Gasteiger partial charge in [0.2, 0.25) is 0 Å². The Kier molecular flexibility index (Phi) is 15.2. The Bertz CT molecular complexity index is 1130. The standard InChI is InChI=1S/C6F4O4S3.6C4H9.2Sn/c7-5(8)6(9,10)17(13,14)4-2-15-1-3(4)16(5,11)12;6*1-3-4-2;;/h;6*1,3-4H2,2H3;;. The van der Waals surface area contributed by atoms with Gasteiger partial charge in [-0.15, -0.1) is 0 Å². The van der Waals surface area contributed by atoms with Gasteiger partial charge in [0.15, 0.2) is 0 Å². The summed E-state index contributed by atoms with van der Waals surface area (Å²) in [7, 11) is -11.9. The number of hydrogen-bond donors (Lipinski definition) is 0. The topological polar surface area (TPSA) is 68.3 Å². The zero-order chi connectivity index (χ0) is 32.7. The fourth-order valence-electron chi connectivity index (χ4n) is 6.68. The van der Waals surface area contributed by atoms with Crippen LogP contribution in [0.1, 0.15) is 119 Å². The second-order valence-corrected chi connectivity index (χ2v) is 45.6. The van der Waals surface area contributed by atoms with Gasteiger partial charge in [-0.25, -0.2) is 0 Å². The summed E-state index contributed by atoms with van der Waals surface area (Å²) in [4.78, 5) is -1.73. The molecule has 43 heavy (non-hydrogen) atoms. The maximum atomic E-state index is 15.5. The molecule has 0 N–H and O–H groups in total. The molecule has 0 fully saturated rings. The molecule has 0 saturated heterocycles. The third kappa shape index (κ3) is 7.49. The summed E-state index contributed by atoms with van der Waals surface area (Å²) >= 11 is -6.71. The minimum atomic E-state index is -5.95. The number of sulfone groups is 2. The molecule has 0 aliphatic carbocycles. The van der Waals surface area contributed by atoms with Crippen LogP contribution in [0.4, 0.5) is 17.6 Å². The van der Waals surface area contributed by atoms with E-state index in [2.05, 4.69) is 0 Å². The number of thiophene rings is 1. The molecule has 0 radical (unpaired) electrons. The van der Waals surface area contributed by atoms with Gasteiger partial charge in [0.25, 0.3) is 0 Å². The van der Waals surface area contributed by atoms with Crippen molar-refractivity contribution in [3.63, 3.8) is 0 Å². The molecule has 0 unspecified atom stereocenters. The Morgan fingerprint density at radius 2 is 0.698 bits per heavy atom. The Morgan fingerprint density at radius 1 is 0.488 bits per heavy atom. The Hall–Kier alpha value is 0.917. The van der Waals surface area contributed by atoms with E-state index in [1.165, 1.54) is 0 Å². The van der Waals surface area contributed by atoms with Crippen LogP contribution in [0, 0.1) is 0 Å². The van der Waals surface area contributed by atoms with E-state index in [4.69, 9.17) is 0 Å². The third-order valence-electron chi connectivity index (χ3n) is 9.39. The molecular formula is C30H54F4O4S3Sn2. The van der Waals surface area contributed by atoms with Crippen molar-refractivity contribution >= 4 is 73.6 Å². The summed E-state index contributed by atoms with van der Waals surface area (Å²) in [6.45, 7) is 12.2. The van der Waals surface area contributed by atoms with Gasteiger partial charge >= 0.3 is 273 Å². The maximum absolute atomic E-state index is 15.5. The molecule has 1 aliphatic rings. The number of hydrogen-bond acceptors (Lipinski definition) is 5. The van der Waals surface area contributed by atoms with Crippen molar-refractivity contribution in [3.05, 3.63) is 0 Å². The van der Waals surface area contributed by atoms with Gasteiger partial charge in [-0.2, -0.15) is 0 Å². The van der Waals surface area contributed by atoms with Crippen LogP contribution in [0.2, 0.25) is 26.6 Å². The van der Waals surface area contributed by atoms with Crippen LogP contribution in [0.25, 0.3) is 0 Å². The Morgan fingerprint density at radius 3 is 0.884 bits per heavy atom.